The van der Waals surface area contributed by atoms with Gasteiger partial charge in [-0.15, -0.1) is 0 Å². The Morgan fingerprint density at radius 3 is 2.57 bits per heavy atom. The molecule has 5 heteroatoms. The van der Waals surface area contributed by atoms with Crippen LogP contribution in [0.3, 0.4) is 0 Å². The van der Waals surface area contributed by atoms with E-state index in [-0.39, 0.29) is 5.91 Å². The molecule has 2 heterocycles. The average molecular weight is 302 g/mol. The van der Waals surface area contributed by atoms with E-state index in [1.54, 1.807) is 30.5 Å². The molecular formula is C16H16ClN3O. The maximum absolute atomic E-state index is 12.1. The Balaban J connectivity index is 1.70. The summed E-state index contributed by atoms with van der Waals surface area (Å²) < 4.78 is 0. The van der Waals surface area contributed by atoms with Gasteiger partial charge in [-0.25, -0.2) is 4.98 Å². The highest BCUT2D eigenvalue weighted by Gasteiger charge is 2.13. The highest BCUT2D eigenvalue weighted by Crippen LogP contribution is 2.21. The molecule has 1 aliphatic rings. The van der Waals surface area contributed by atoms with E-state index < -0.39 is 0 Å². The minimum absolute atomic E-state index is 0.248. The van der Waals surface area contributed by atoms with Gasteiger partial charge in [0.1, 0.15) is 5.82 Å². The van der Waals surface area contributed by atoms with Crippen molar-refractivity contribution >= 4 is 29.0 Å². The Morgan fingerprint density at radius 2 is 1.90 bits per heavy atom. The van der Waals surface area contributed by atoms with Crippen molar-refractivity contribution in [3.05, 3.63) is 53.2 Å². The molecule has 4 nitrogen and oxygen atoms in total. The van der Waals surface area contributed by atoms with E-state index in [1.807, 2.05) is 12.1 Å². The van der Waals surface area contributed by atoms with Crippen molar-refractivity contribution in [2.45, 2.75) is 12.8 Å². The third kappa shape index (κ3) is 3.16. The molecule has 0 atom stereocenters. The summed E-state index contributed by atoms with van der Waals surface area (Å²) in [5.74, 6) is 0.282. The van der Waals surface area contributed by atoms with Gasteiger partial charge in [0.25, 0.3) is 5.91 Å². The van der Waals surface area contributed by atoms with Crippen LogP contribution in [0.2, 0.25) is 5.02 Å². The first kappa shape index (κ1) is 13.9. The molecule has 0 bridgehead atoms. The lowest BCUT2D eigenvalue weighted by Crippen LogP contribution is -2.18. The Labute approximate surface area is 128 Å². The van der Waals surface area contributed by atoms with Crippen LogP contribution in [0, 0.1) is 0 Å². The SMILES string of the molecule is O=C(Nc1ccc(N2CCCC2)cn1)c1ccccc1Cl. The summed E-state index contributed by atoms with van der Waals surface area (Å²) in [6, 6.07) is 10.8. The number of hydrogen-bond acceptors (Lipinski definition) is 3. The largest absolute Gasteiger partial charge is 0.370 e. The summed E-state index contributed by atoms with van der Waals surface area (Å²) in [5.41, 5.74) is 1.55. The van der Waals surface area contributed by atoms with Crippen LogP contribution in [-0.4, -0.2) is 24.0 Å². The summed E-state index contributed by atoms with van der Waals surface area (Å²) in [7, 11) is 0. The van der Waals surface area contributed by atoms with Crippen molar-refractivity contribution in [1.29, 1.82) is 0 Å². The first-order chi connectivity index (χ1) is 10.2. The fraction of sp³-hybridized carbons (Fsp3) is 0.250. The molecule has 0 unspecified atom stereocenters. The molecule has 0 saturated carbocycles. The molecule has 108 valence electrons. The zero-order chi connectivity index (χ0) is 14.7. The lowest BCUT2D eigenvalue weighted by atomic mass is 10.2. The number of carbonyl (C=O) groups excluding carboxylic acids is 1. The summed E-state index contributed by atoms with van der Waals surface area (Å²) in [5, 5.41) is 3.20. The van der Waals surface area contributed by atoms with E-state index in [4.69, 9.17) is 11.6 Å². The zero-order valence-corrected chi connectivity index (χ0v) is 12.3. The average Bonchev–Trinajstić information content (AvgIpc) is 3.02. The number of aromatic nitrogens is 1. The van der Waals surface area contributed by atoms with Gasteiger partial charge >= 0.3 is 0 Å². The molecule has 21 heavy (non-hydrogen) atoms. The molecule has 0 aliphatic carbocycles. The van der Waals surface area contributed by atoms with Gasteiger partial charge in [0.2, 0.25) is 0 Å². The topological polar surface area (TPSA) is 45.2 Å². The van der Waals surface area contributed by atoms with Gasteiger partial charge in [0, 0.05) is 13.1 Å². The minimum Gasteiger partial charge on any atom is -0.370 e. The highest BCUT2D eigenvalue weighted by molar-refractivity contribution is 6.34. The standard InChI is InChI=1S/C16H16ClN3O/c17-14-6-2-1-5-13(14)16(21)19-15-8-7-12(11-18-15)20-9-3-4-10-20/h1-2,5-8,11H,3-4,9-10H2,(H,18,19,21). The number of rotatable bonds is 3. The molecule has 1 N–H and O–H groups in total. The van der Waals surface area contributed by atoms with Crippen LogP contribution in [0.4, 0.5) is 11.5 Å². The van der Waals surface area contributed by atoms with E-state index in [9.17, 15) is 4.79 Å². The number of pyridine rings is 1. The Hall–Kier alpha value is -2.07. The van der Waals surface area contributed by atoms with E-state index in [1.165, 1.54) is 12.8 Å². The molecular weight excluding hydrogens is 286 g/mol. The number of anilines is 2. The molecule has 1 aromatic carbocycles. The van der Waals surface area contributed by atoms with Crippen molar-refractivity contribution in [3.63, 3.8) is 0 Å². The summed E-state index contributed by atoms with van der Waals surface area (Å²) in [4.78, 5) is 18.7. The fourth-order valence-corrected chi connectivity index (χ4v) is 2.67. The molecule has 2 aromatic rings. The number of carbonyl (C=O) groups is 1. The molecule has 1 aliphatic heterocycles. The van der Waals surface area contributed by atoms with Crippen LogP contribution in [0.25, 0.3) is 0 Å². The molecule has 1 fully saturated rings. The normalized spacial score (nSPS) is 14.2. The van der Waals surface area contributed by atoms with Crippen LogP contribution in [0.5, 0.6) is 0 Å². The van der Waals surface area contributed by atoms with Crippen LogP contribution in [-0.2, 0) is 0 Å². The van der Waals surface area contributed by atoms with Gasteiger partial charge in [-0.05, 0) is 37.1 Å². The van der Waals surface area contributed by atoms with Gasteiger partial charge < -0.3 is 10.2 Å². The van der Waals surface area contributed by atoms with E-state index in [0.717, 1.165) is 18.8 Å². The third-order valence-corrected chi connectivity index (χ3v) is 3.91. The zero-order valence-electron chi connectivity index (χ0n) is 11.6. The second kappa shape index (κ2) is 6.14. The molecule has 0 spiro atoms. The Bertz CT molecular complexity index is 636. The Kier molecular flexibility index (Phi) is 4.06. The van der Waals surface area contributed by atoms with Crippen molar-refractivity contribution in [2.24, 2.45) is 0 Å². The van der Waals surface area contributed by atoms with Gasteiger partial charge in [0.15, 0.2) is 0 Å². The van der Waals surface area contributed by atoms with Crippen LogP contribution in [0.1, 0.15) is 23.2 Å². The number of nitrogens with zero attached hydrogens (tertiary/aromatic N) is 2. The van der Waals surface area contributed by atoms with Gasteiger partial charge in [0.05, 0.1) is 22.5 Å². The molecule has 1 saturated heterocycles. The van der Waals surface area contributed by atoms with Gasteiger partial charge in [-0.1, -0.05) is 23.7 Å². The van der Waals surface area contributed by atoms with Crippen LogP contribution >= 0.6 is 11.6 Å². The minimum atomic E-state index is -0.248. The number of nitrogens with one attached hydrogen (secondary N) is 1. The first-order valence-corrected chi connectivity index (χ1v) is 7.39. The second-order valence-electron chi connectivity index (χ2n) is 5.03. The molecule has 3 rings (SSSR count). The summed E-state index contributed by atoms with van der Waals surface area (Å²) >= 11 is 6.01. The lowest BCUT2D eigenvalue weighted by Gasteiger charge is -2.17. The van der Waals surface area contributed by atoms with Crippen molar-refractivity contribution in [2.75, 3.05) is 23.3 Å². The molecule has 1 aromatic heterocycles. The highest BCUT2D eigenvalue weighted by atomic mass is 35.5. The number of amides is 1. The smallest absolute Gasteiger partial charge is 0.258 e. The maximum Gasteiger partial charge on any atom is 0.258 e. The third-order valence-electron chi connectivity index (χ3n) is 3.58. The second-order valence-corrected chi connectivity index (χ2v) is 5.44. The molecule has 1 amide bonds. The Morgan fingerprint density at radius 1 is 1.14 bits per heavy atom. The van der Waals surface area contributed by atoms with Gasteiger partial charge in [-0.2, -0.15) is 0 Å². The summed E-state index contributed by atoms with van der Waals surface area (Å²) in [6.07, 6.45) is 4.25. The number of hydrogen-bond donors (Lipinski definition) is 1. The van der Waals surface area contributed by atoms with Crippen LogP contribution in [0.15, 0.2) is 42.6 Å². The number of benzene rings is 1. The van der Waals surface area contributed by atoms with Crippen molar-refractivity contribution < 1.29 is 4.79 Å². The monoisotopic (exact) mass is 301 g/mol. The summed E-state index contributed by atoms with van der Waals surface area (Å²) in [6.45, 7) is 2.15. The first-order valence-electron chi connectivity index (χ1n) is 7.01. The fourth-order valence-electron chi connectivity index (χ4n) is 2.45. The quantitative estimate of drug-likeness (QED) is 0.942. The molecule has 0 radical (unpaired) electrons. The van der Waals surface area contributed by atoms with Crippen molar-refractivity contribution in [1.82, 2.24) is 4.98 Å². The van der Waals surface area contributed by atoms with E-state index >= 15 is 0 Å². The van der Waals surface area contributed by atoms with E-state index in [2.05, 4.69) is 15.2 Å². The van der Waals surface area contributed by atoms with Gasteiger partial charge in [-0.3, -0.25) is 4.79 Å². The predicted molar refractivity (Wildman–Crippen MR) is 85.1 cm³/mol. The number of halogens is 1. The maximum atomic E-state index is 12.1. The van der Waals surface area contributed by atoms with E-state index in [0.29, 0.717) is 16.4 Å². The lowest BCUT2D eigenvalue weighted by molar-refractivity contribution is 0.102. The van der Waals surface area contributed by atoms with Crippen LogP contribution < -0.4 is 10.2 Å². The predicted octanol–water partition coefficient (Wildman–Crippen LogP) is 3.59. The van der Waals surface area contributed by atoms with Crippen molar-refractivity contribution in [3.8, 4) is 0 Å².